The molecule has 3 aromatic rings. The standard InChI is InChI=1S/C36H37BrF3N3O3/c1-22(44)42-20-27-19-29(24-9-7-23(8-10-24)4-3-17-46-33-18-26(38)11-14-30(33)37)34(32(21-42)41-27)36(45)43(28-12-13-28)16-15-25-5-2-6-31(39)35(25)40/h2,5-11,14,18,27-28,32,41H,3-4,12-13,15-17,19-21H2,1H3. The fourth-order valence-corrected chi connectivity index (χ4v) is 6.88. The van der Waals surface area contributed by atoms with Crippen LogP contribution in [0.25, 0.3) is 5.57 Å². The van der Waals surface area contributed by atoms with E-state index in [4.69, 9.17) is 4.74 Å². The van der Waals surface area contributed by atoms with Crippen molar-refractivity contribution in [3.05, 3.63) is 105 Å². The highest BCUT2D eigenvalue weighted by atomic mass is 79.9. The van der Waals surface area contributed by atoms with Gasteiger partial charge in [-0.1, -0.05) is 36.4 Å². The first-order valence-electron chi connectivity index (χ1n) is 15.8. The summed E-state index contributed by atoms with van der Waals surface area (Å²) in [5.41, 5.74) is 3.95. The summed E-state index contributed by atoms with van der Waals surface area (Å²) in [6, 6.07) is 16.5. The van der Waals surface area contributed by atoms with Crippen LogP contribution in [0, 0.1) is 17.5 Å². The van der Waals surface area contributed by atoms with Crippen molar-refractivity contribution in [2.45, 2.75) is 63.6 Å². The van der Waals surface area contributed by atoms with E-state index in [1.54, 1.807) is 24.0 Å². The van der Waals surface area contributed by atoms with Crippen molar-refractivity contribution < 1.29 is 27.5 Å². The van der Waals surface area contributed by atoms with Gasteiger partial charge in [0.2, 0.25) is 5.91 Å². The Bertz CT molecular complexity index is 1640. The number of nitrogens with one attached hydrogen (secondary N) is 1. The monoisotopic (exact) mass is 695 g/mol. The molecule has 0 radical (unpaired) electrons. The van der Waals surface area contributed by atoms with Crippen molar-refractivity contribution in [1.82, 2.24) is 15.1 Å². The van der Waals surface area contributed by atoms with Crippen LogP contribution in [-0.2, 0) is 22.4 Å². The summed E-state index contributed by atoms with van der Waals surface area (Å²) in [6.07, 6.45) is 4.05. The molecular weight excluding hydrogens is 659 g/mol. The molecule has 1 saturated carbocycles. The normalized spacial score (nSPS) is 19.3. The predicted octanol–water partition coefficient (Wildman–Crippen LogP) is 6.46. The topological polar surface area (TPSA) is 61.9 Å². The van der Waals surface area contributed by atoms with Crippen LogP contribution in [0.15, 0.2) is 70.7 Å². The number of fused-ring (bicyclic) bond motifs is 2. The number of ether oxygens (including phenoxy) is 1. The van der Waals surface area contributed by atoms with Gasteiger partial charge in [-0.05, 0) is 94.9 Å². The van der Waals surface area contributed by atoms with E-state index in [-0.39, 0.29) is 54.3 Å². The molecular formula is C36H37BrF3N3O3. The smallest absolute Gasteiger partial charge is 0.252 e. The number of piperazine rings is 1. The summed E-state index contributed by atoms with van der Waals surface area (Å²) < 4.78 is 48.4. The van der Waals surface area contributed by atoms with Crippen LogP contribution < -0.4 is 10.1 Å². The van der Waals surface area contributed by atoms with Crippen LogP contribution in [0.1, 0.15) is 49.3 Å². The second-order valence-electron chi connectivity index (χ2n) is 12.4. The first kappa shape index (κ1) is 32.3. The van der Waals surface area contributed by atoms with Crippen molar-refractivity contribution in [1.29, 1.82) is 0 Å². The Kier molecular flexibility index (Phi) is 9.84. The summed E-state index contributed by atoms with van der Waals surface area (Å²) in [5, 5.41) is 3.59. The number of carbonyl (C=O) groups is 2. The van der Waals surface area contributed by atoms with Crippen LogP contribution in [0.2, 0.25) is 0 Å². The van der Waals surface area contributed by atoms with Crippen LogP contribution in [-0.4, -0.2) is 66.0 Å². The van der Waals surface area contributed by atoms with Gasteiger partial charge in [0.05, 0.1) is 17.1 Å². The molecule has 242 valence electrons. The molecule has 10 heteroatoms. The number of rotatable bonds is 11. The molecule has 3 aliphatic rings. The number of halogens is 4. The Hall–Kier alpha value is -3.63. The van der Waals surface area contributed by atoms with Crippen LogP contribution in [0.4, 0.5) is 13.2 Å². The van der Waals surface area contributed by atoms with Gasteiger partial charge in [-0.15, -0.1) is 0 Å². The molecule has 0 spiro atoms. The lowest BCUT2D eigenvalue weighted by Crippen LogP contribution is -2.62. The van der Waals surface area contributed by atoms with E-state index < -0.39 is 11.6 Å². The summed E-state index contributed by atoms with van der Waals surface area (Å²) >= 11 is 3.39. The Morgan fingerprint density at radius 2 is 1.80 bits per heavy atom. The molecule has 2 amide bonds. The summed E-state index contributed by atoms with van der Waals surface area (Å²) in [4.78, 5) is 30.4. The van der Waals surface area contributed by atoms with Crippen LogP contribution in [0.3, 0.4) is 0 Å². The predicted molar refractivity (Wildman–Crippen MR) is 174 cm³/mol. The van der Waals surface area contributed by atoms with Gasteiger partial charge >= 0.3 is 0 Å². The molecule has 0 aromatic heterocycles. The van der Waals surface area contributed by atoms with Crippen molar-refractivity contribution in [3.63, 3.8) is 0 Å². The largest absolute Gasteiger partial charge is 0.492 e. The molecule has 2 fully saturated rings. The van der Waals surface area contributed by atoms with E-state index in [0.717, 1.165) is 48.4 Å². The van der Waals surface area contributed by atoms with Gasteiger partial charge in [0.15, 0.2) is 11.6 Å². The van der Waals surface area contributed by atoms with E-state index in [9.17, 15) is 22.8 Å². The quantitative estimate of drug-likeness (QED) is 0.234. The van der Waals surface area contributed by atoms with Gasteiger partial charge in [0, 0.05) is 50.3 Å². The second-order valence-corrected chi connectivity index (χ2v) is 13.2. The number of nitrogens with zero attached hydrogens (tertiary/aromatic N) is 2. The molecule has 1 aliphatic carbocycles. The molecule has 1 N–H and O–H groups in total. The molecule has 2 unspecified atom stereocenters. The Morgan fingerprint density at radius 3 is 2.54 bits per heavy atom. The molecule has 2 atom stereocenters. The SMILES string of the molecule is CC(=O)N1CC2CC(c3ccc(CCCOc4cc(F)ccc4Br)cc3)=C(C(=O)N(CCc3cccc(F)c3F)C3CC3)C(C1)N2. The van der Waals surface area contributed by atoms with Gasteiger partial charge in [0.25, 0.3) is 5.91 Å². The minimum absolute atomic E-state index is 0.0175. The lowest BCUT2D eigenvalue weighted by Gasteiger charge is -2.44. The lowest BCUT2D eigenvalue weighted by atomic mass is 9.82. The molecule has 46 heavy (non-hydrogen) atoms. The minimum Gasteiger partial charge on any atom is -0.492 e. The molecule has 6 nitrogen and oxygen atoms in total. The van der Waals surface area contributed by atoms with E-state index in [1.165, 1.54) is 18.2 Å². The zero-order valence-corrected chi connectivity index (χ0v) is 27.3. The number of aryl methyl sites for hydroxylation is 1. The maximum absolute atomic E-state index is 14.5. The molecule has 2 bridgehead atoms. The van der Waals surface area contributed by atoms with E-state index >= 15 is 0 Å². The molecule has 2 aliphatic heterocycles. The van der Waals surface area contributed by atoms with Crippen molar-refractivity contribution >= 4 is 33.3 Å². The minimum atomic E-state index is -0.892. The van der Waals surface area contributed by atoms with Gasteiger partial charge in [-0.2, -0.15) is 0 Å². The van der Waals surface area contributed by atoms with Crippen LogP contribution in [0.5, 0.6) is 5.75 Å². The molecule has 6 rings (SSSR count). The zero-order chi connectivity index (χ0) is 32.4. The Labute approximate surface area is 275 Å². The molecule has 3 aromatic carbocycles. The van der Waals surface area contributed by atoms with Crippen molar-refractivity contribution in [2.75, 3.05) is 26.2 Å². The first-order chi connectivity index (χ1) is 22.2. The fraction of sp³-hybridized carbons (Fsp3) is 0.389. The maximum atomic E-state index is 14.5. The van der Waals surface area contributed by atoms with E-state index in [2.05, 4.69) is 45.5 Å². The third-order valence-electron chi connectivity index (χ3n) is 9.05. The van der Waals surface area contributed by atoms with E-state index in [1.807, 2.05) is 4.90 Å². The number of carbonyl (C=O) groups excluding carboxylic acids is 2. The zero-order valence-electron chi connectivity index (χ0n) is 25.7. The highest BCUT2D eigenvalue weighted by molar-refractivity contribution is 9.10. The fourth-order valence-electron chi connectivity index (χ4n) is 6.52. The van der Waals surface area contributed by atoms with Gasteiger partial charge in [-0.3, -0.25) is 9.59 Å². The van der Waals surface area contributed by atoms with E-state index in [0.29, 0.717) is 41.9 Å². The summed E-state index contributed by atoms with van der Waals surface area (Å²) in [5.74, 6) is -1.77. The molecule has 2 heterocycles. The third kappa shape index (κ3) is 7.33. The van der Waals surface area contributed by atoms with Gasteiger partial charge in [-0.25, -0.2) is 13.2 Å². The lowest BCUT2D eigenvalue weighted by molar-refractivity contribution is -0.132. The third-order valence-corrected chi connectivity index (χ3v) is 9.70. The Balaban J connectivity index is 1.21. The van der Waals surface area contributed by atoms with Crippen molar-refractivity contribution in [3.8, 4) is 5.75 Å². The highest BCUT2D eigenvalue weighted by Crippen LogP contribution is 2.37. The highest BCUT2D eigenvalue weighted by Gasteiger charge is 2.42. The van der Waals surface area contributed by atoms with Gasteiger partial charge < -0.3 is 19.9 Å². The average Bonchev–Trinajstić information content (AvgIpc) is 3.88. The van der Waals surface area contributed by atoms with Crippen molar-refractivity contribution in [2.24, 2.45) is 0 Å². The Morgan fingerprint density at radius 1 is 1.02 bits per heavy atom. The average molecular weight is 697 g/mol. The number of amides is 2. The second kappa shape index (κ2) is 14.0. The number of hydrogen-bond donors (Lipinski definition) is 1. The summed E-state index contributed by atoms with van der Waals surface area (Å²) in [7, 11) is 0. The molecule has 1 saturated heterocycles. The number of benzene rings is 3. The summed E-state index contributed by atoms with van der Waals surface area (Å²) in [6.45, 7) is 3.23. The maximum Gasteiger partial charge on any atom is 0.252 e. The van der Waals surface area contributed by atoms with Gasteiger partial charge in [0.1, 0.15) is 11.6 Å². The first-order valence-corrected chi connectivity index (χ1v) is 16.6. The number of hydrogen-bond acceptors (Lipinski definition) is 4. The van der Waals surface area contributed by atoms with Crippen LogP contribution >= 0.6 is 15.9 Å².